The summed E-state index contributed by atoms with van der Waals surface area (Å²) in [5.74, 6) is 0.759. The van der Waals surface area contributed by atoms with E-state index in [4.69, 9.17) is 16.3 Å². The first kappa shape index (κ1) is 11.9. The molecular weight excluding hydrogens is 252 g/mol. The SMILES string of the molecule is Cc1c(Cl)nn2c(C3CCCCO3)nnc2c1C. The lowest BCUT2D eigenvalue weighted by atomic mass is 10.1. The maximum atomic E-state index is 6.13. The van der Waals surface area contributed by atoms with Gasteiger partial charge in [-0.05, 0) is 38.7 Å². The Kier molecular flexibility index (Phi) is 2.95. The lowest BCUT2D eigenvalue weighted by Crippen LogP contribution is -2.15. The second-order valence-electron chi connectivity index (χ2n) is 4.69. The van der Waals surface area contributed by atoms with Crippen LogP contribution in [0, 0.1) is 13.8 Å². The van der Waals surface area contributed by atoms with Crippen molar-refractivity contribution < 1.29 is 4.74 Å². The van der Waals surface area contributed by atoms with Crippen molar-refractivity contribution in [2.75, 3.05) is 6.61 Å². The van der Waals surface area contributed by atoms with Crippen LogP contribution in [0.15, 0.2) is 0 Å². The standard InChI is InChI=1S/C12H15ClN4O/c1-7-8(2)11-14-15-12(17(11)16-10(7)13)9-5-3-4-6-18-9/h9H,3-6H2,1-2H3. The van der Waals surface area contributed by atoms with E-state index in [-0.39, 0.29) is 6.10 Å². The average molecular weight is 267 g/mol. The molecule has 0 saturated carbocycles. The summed E-state index contributed by atoms with van der Waals surface area (Å²) in [5.41, 5.74) is 2.73. The number of halogens is 1. The molecule has 0 amide bonds. The second kappa shape index (κ2) is 4.48. The Morgan fingerprint density at radius 1 is 1.22 bits per heavy atom. The summed E-state index contributed by atoms with van der Waals surface area (Å²) >= 11 is 6.13. The largest absolute Gasteiger partial charge is 0.370 e. The lowest BCUT2D eigenvalue weighted by molar-refractivity contribution is 0.00823. The van der Waals surface area contributed by atoms with Gasteiger partial charge < -0.3 is 4.74 Å². The van der Waals surface area contributed by atoms with Gasteiger partial charge in [0.15, 0.2) is 16.6 Å². The van der Waals surface area contributed by atoms with Gasteiger partial charge in [0.2, 0.25) is 0 Å². The third kappa shape index (κ3) is 1.78. The second-order valence-corrected chi connectivity index (χ2v) is 5.05. The highest BCUT2D eigenvalue weighted by Gasteiger charge is 2.23. The van der Waals surface area contributed by atoms with Gasteiger partial charge in [0, 0.05) is 12.2 Å². The Labute approximate surface area is 110 Å². The molecule has 3 heterocycles. The summed E-state index contributed by atoms with van der Waals surface area (Å²) in [6, 6.07) is 0. The number of hydrogen-bond acceptors (Lipinski definition) is 4. The summed E-state index contributed by atoms with van der Waals surface area (Å²) < 4.78 is 7.46. The topological polar surface area (TPSA) is 52.3 Å². The van der Waals surface area contributed by atoms with E-state index < -0.39 is 0 Å². The third-order valence-electron chi connectivity index (χ3n) is 3.53. The summed E-state index contributed by atoms with van der Waals surface area (Å²) in [6.07, 6.45) is 3.21. The van der Waals surface area contributed by atoms with Gasteiger partial charge in [-0.3, -0.25) is 0 Å². The predicted molar refractivity (Wildman–Crippen MR) is 67.8 cm³/mol. The molecule has 1 atom stereocenters. The molecule has 0 radical (unpaired) electrons. The fourth-order valence-electron chi connectivity index (χ4n) is 2.25. The van der Waals surface area contributed by atoms with E-state index in [1.54, 1.807) is 4.52 Å². The van der Waals surface area contributed by atoms with E-state index in [0.29, 0.717) is 5.15 Å². The molecule has 18 heavy (non-hydrogen) atoms. The number of nitrogens with zero attached hydrogens (tertiary/aromatic N) is 4. The Balaban J connectivity index is 2.13. The molecule has 1 unspecified atom stereocenters. The molecule has 0 aliphatic carbocycles. The van der Waals surface area contributed by atoms with Crippen molar-refractivity contribution in [3.05, 3.63) is 22.1 Å². The average Bonchev–Trinajstić information content (AvgIpc) is 2.81. The molecule has 1 saturated heterocycles. The van der Waals surface area contributed by atoms with Crippen LogP contribution in [0.1, 0.15) is 42.3 Å². The van der Waals surface area contributed by atoms with E-state index in [2.05, 4.69) is 15.3 Å². The van der Waals surface area contributed by atoms with Crippen LogP contribution in [0.5, 0.6) is 0 Å². The first-order chi connectivity index (χ1) is 8.68. The smallest absolute Gasteiger partial charge is 0.183 e. The Bertz CT molecular complexity index is 589. The predicted octanol–water partition coefficient (Wildman–Crippen LogP) is 2.64. The molecule has 1 aliphatic rings. The molecular formula is C12H15ClN4O. The van der Waals surface area contributed by atoms with Crippen molar-refractivity contribution in [1.82, 2.24) is 19.8 Å². The van der Waals surface area contributed by atoms with Crippen molar-refractivity contribution in [3.8, 4) is 0 Å². The van der Waals surface area contributed by atoms with E-state index in [1.807, 2.05) is 13.8 Å². The van der Waals surface area contributed by atoms with Gasteiger partial charge in [0.1, 0.15) is 6.10 Å². The van der Waals surface area contributed by atoms with Crippen molar-refractivity contribution in [2.24, 2.45) is 0 Å². The fraction of sp³-hybridized carbons (Fsp3) is 0.583. The minimum absolute atomic E-state index is 0.0144. The zero-order valence-electron chi connectivity index (χ0n) is 10.5. The van der Waals surface area contributed by atoms with Crippen LogP contribution in [0.25, 0.3) is 5.65 Å². The van der Waals surface area contributed by atoms with Crippen LogP contribution in [-0.4, -0.2) is 26.4 Å². The molecule has 5 nitrogen and oxygen atoms in total. The van der Waals surface area contributed by atoms with E-state index >= 15 is 0 Å². The number of hydrogen-bond donors (Lipinski definition) is 0. The van der Waals surface area contributed by atoms with Crippen molar-refractivity contribution in [1.29, 1.82) is 0 Å². The van der Waals surface area contributed by atoms with E-state index in [1.165, 1.54) is 0 Å². The van der Waals surface area contributed by atoms with Gasteiger partial charge in [-0.1, -0.05) is 11.6 Å². The van der Waals surface area contributed by atoms with Crippen LogP contribution in [0.2, 0.25) is 5.15 Å². The Hall–Kier alpha value is -1.20. The fourth-order valence-corrected chi connectivity index (χ4v) is 2.47. The first-order valence-corrected chi connectivity index (χ1v) is 6.56. The highest BCUT2D eigenvalue weighted by Crippen LogP contribution is 2.28. The van der Waals surface area contributed by atoms with Gasteiger partial charge >= 0.3 is 0 Å². The maximum absolute atomic E-state index is 6.13. The highest BCUT2D eigenvalue weighted by atomic mass is 35.5. The Morgan fingerprint density at radius 3 is 2.78 bits per heavy atom. The lowest BCUT2D eigenvalue weighted by Gasteiger charge is -2.20. The maximum Gasteiger partial charge on any atom is 0.183 e. The van der Waals surface area contributed by atoms with Crippen LogP contribution in [-0.2, 0) is 4.74 Å². The van der Waals surface area contributed by atoms with Crippen molar-refractivity contribution >= 4 is 17.2 Å². The normalized spacial score (nSPS) is 20.5. The van der Waals surface area contributed by atoms with Crippen LogP contribution < -0.4 is 0 Å². The molecule has 0 N–H and O–H groups in total. The van der Waals surface area contributed by atoms with E-state index in [0.717, 1.165) is 48.5 Å². The van der Waals surface area contributed by atoms with Crippen LogP contribution in [0.3, 0.4) is 0 Å². The molecule has 2 aromatic heterocycles. The number of aryl methyl sites for hydroxylation is 1. The zero-order chi connectivity index (χ0) is 12.7. The van der Waals surface area contributed by atoms with Gasteiger partial charge in [-0.15, -0.1) is 10.2 Å². The molecule has 0 bridgehead atoms. The van der Waals surface area contributed by atoms with Crippen molar-refractivity contribution in [2.45, 2.75) is 39.2 Å². The number of fused-ring (bicyclic) bond motifs is 1. The monoisotopic (exact) mass is 266 g/mol. The number of ether oxygens (including phenoxy) is 1. The highest BCUT2D eigenvalue weighted by molar-refractivity contribution is 6.30. The van der Waals surface area contributed by atoms with Crippen LogP contribution >= 0.6 is 11.6 Å². The van der Waals surface area contributed by atoms with Gasteiger partial charge in [0.25, 0.3) is 0 Å². The minimum atomic E-state index is -0.0144. The first-order valence-electron chi connectivity index (χ1n) is 6.18. The molecule has 0 aromatic carbocycles. The van der Waals surface area contributed by atoms with Crippen molar-refractivity contribution in [3.63, 3.8) is 0 Å². The summed E-state index contributed by atoms with van der Waals surface area (Å²) in [5, 5.41) is 13.3. The molecule has 3 rings (SSSR count). The third-order valence-corrected chi connectivity index (χ3v) is 3.89. The molecule has 1 aliphatic heterocycles. The van der Waals surface area contributed by atoms with E-state index in [9.17, 15) is 0 Å². The Morgan fingerprint density at radius 2 is 2.06 bits per heavy atom. The molecule has 0 spiro atoms. The van der Waals surface area contributed by atoms with Gasteiger partial charge in [-0.2, -0.15) is 9.61 Å². The zero-order valence-corrected chi connectivity index (χ0v) is 11.2. The summed E-state index contributed by atoms with van der Waals surface area (Å²) in [4.78, 5) is 0. The molecule has 2 aromatic rings. The van der Waals surface area contributed by atoms with Gasteiger partial charge in [-0.25, -0.2) is 0 Å². The molecule has 96 valence electrons. The number of aromatic nitrogens is 4. The van der Waals surface area contributed by atoms with Gasteiger partial charge in [0.05, 0.1) is 0 Å². The number of rotatable bonds is 1. The molecule has 1 fully saturated rings. The quantitative estimate of drug-likeness (QED) is 0.796. The summed E-state index contributed by atoms with van der Waals surface area (Å²) in [6.45, 7) is 4.70. The minimum Gasteiger partial charge on any atom is -0.370 e. The summed E-state index contributed by atoms with van der Waals surface area (Å²) in [7, 11) is 0. The molecule has 6 heteroatoms. The van der Waals surface area contributed by atoms with Crippen LogP contribution in [0.4, 0.5) is 0 Å².